The molecule has 8 nitrogen and oxygen atoms in total. The molecular weight excluding hydrogens is 493 g/mol. The van der Waals surface area contributed by atoms with Gasteiger partial charge in [0.05, 0.1) is 35.8 Å². The van der Waals surface area contributed by atoms with Gasteiger partial charge in [-0.1, -0.05) is 42.5 Å². The molecule has 2 fully saturated rings. The van der Waals surface area contributed by atoms with Crippen molar-refractivity contribution in [3.8, 4) is 0 Å². The molecule has 3 atom stereocenters. The zero-order valence-corrected chi connectivity index (χ0v) is 20.1. The molecule has 0 saturated carbocycles. The second kappa shape index (κ2) is 8.53. The lowest BCUT2D eigenvalue weighted by molar-refractivity contribution is -0.127. The zero-order chi connectivity index (χ0) is 26.8. The molecule has 0 aromatic heterocycles. The summed E-state index contributed by atoms with van der Waals surface area (Å²) >= 11 is 0. The lowest BCUT2D eigenvalue weighted by Gasteiger charge is -2.27. The molecule has 3 aliphatic rings. The number of amides is 2. The van der Waals surface area contributed by atoms with E-state index in [-0.39, 0.29) is 34.5 Å². The van der Waals surface area contributed by atoms with E-state index in [4.69, 9.17) is 9.47 Å². The molecule has 0 N–H and O–H groups in total. The summed E-state index contributed by atoms with van der Waals surface area (Å²) in [5, 5.41) is 0. The van der Waals surface area contributed by atoms with Crippen LogP contribution in [0.4, 0.5) is 10.1 Å². The Balaban J connectivity index is 1.48. The van der Waals surface area contributed by atoms with Crippen LogP contribution in [0.25, 0.3) is 0 Å². The summed E-state index contributed by atoms with van der Waals surface area (Å²) in [5.41, 5.74) is -1.80. The van der Waals surface area contributed by atoms with Crippen LogP contribution < -0.4 is 4.90 Å². The Kier molecular flexibility index (Phi) is 5.36. The van der Waals surface area contributed by atoms with Crippen molar-refractivity contribution in [3.05, 3.63) is 101 Å². The number of Topliss-reactive ketones (excluding diaryl/α,β-unsaturated/α-hetero) is 2. The fourth-order valence-electron chi connectivity index (χ4n) is 5.72. The SMILES string of the molecule is CCOC(=O)c1ccc(N2C(=O)[C@@H]3[C@@H](c4ccccc4F)OC4(C(=O)c5ccccc5C4=O)[C@H]3C2=O)cc1. The third-order valence-electron chi connectivity index (χ3n) is 7.37. The maximum absolute atomic E-state index is 15.0. The minimum atomic E-state index is -2.30. The summed E-state index contributed by atoms with van der Waals surface area (Å²) in [6.45, 7) is 1.84. The van der Waals surface area contributed by atoms with Crippen LogP contribution in [0, 0.1) is 17.7 Å². The second-order valence-electron chi connectivity index (χ2n) is 9.28. The van der Waals surface area contributed by atoms with Gasteiger partial charge in [-0.25, -0.2) is 14.1 Å². The van der Waals surface area contributed by atoms with E-state index in [0.717, 1.165) is 4.90 Å². The normalized spacial score (nSPS) is 23.2. The maximum atomic E-state index is 15.0. The molecule has 1 spiro atoms. The van der Waals surface area contributed by atoms with Crippen molar-refractivity contribution in [2.24, 2.45) is 11.8 Å². The lowest BCUT2D eigenvalue weighted by atomic mass is 9.77. The van der Waals surface area contributed by atoms with Crippen molar-refractivity contribution in [1.29, 1.82) is 0 Å². The minimum Gasteiger partial charge on any atom is -0.462 e. The van der Waals surface area contributed by atoms with Gasteiger partial charge in [0, 0.05) is 16.7 Å². The molecule has 0 unspecified atom stereocenters. The van der Waals surface area contributed by atoms with Crippen molar-refractivity contribution in [2.75, 3.05) is 11.5 Å². The molecular formula is C29H20FNO7. The highest BCUT2D eigenvalue weighted by molar-refractivity contribution is 6.37. The summed E-state index contributed by atoms with van der Waals surface area (Å²) in [6.07, 6.45) is -1.36. The summed E-state index contributed by atoms with van der Waals surface area (Å²) in [7, 11) is 0. The number of fused-ring (bicyclic) bond motifs is 3. The summed E-state index contributed by atoms with van der Waals surface area (Å²) in [6, 6.07) is 17.3. The first-order valence-corrected chi connectivity index (χ1v) is 12.1. The lowest BCUT2D eigenvalue weighted by Crippen LogP contribution is -2.51. The van der Waals surface area contributed by atoms with Gasteiger partial charge >= 0.3 is 5.97 Å². The number of imide groups is 1. The van der Waals surface area contributed by atoms with Crippen molar-refractivity contribution in [1.82, 2.24) is 0 Å². The number of esters is 1. The van der Waals surface area contributed by atoms with Crippen molar-refractivity contribution in [2.45, 2.75) is 18.6 Å². The van der Waals surface area contributed by atoms with Gasteiger partial charge in [-0.05, 0) is 37.3 Å². The molecule has 9 heteroatoms. The number of hydrogen-bond donors (Lipinski definition) is 0. The highest BCUT2D eigenvalue weighted by Gasteiger charge is 2.75. The number of nitrogens with zero attached hydrogens (tertiary/aromatic N) is 1. The van der Waals surface area contributed by atoms with Gasteiger partial charge in [-0.15, -0.1) is 0 Å². The predicted octanol–water partition coefficient (Wildman–Crippen LogP) is 3.70. The van der Waals surface area contributed by atoms with Crippen molar-refractivity contribution < 1.29 is 37.8 Å². The first kappa shape index (κ1) is 23.9. The largest absolute Gasteiger partial charge is 0.462 e. The second-order valence-corrected chi connectivity index (χ2v) is 9.28. The van der Waals surface area contributed by atoms with Gasteiger partial charge < -0.3 is 9.47 Å². The van der Waals surface area contributed by atoms with Gasteiger partial charge in [0.1, 0.15) is 5.82 Å². The molecule has 0 radical (unpaired) electrons. The predicted molar refractivity (Wildman–Crippen MR) is 130 cm³/mol. The summed E-state index contributed by atoms with van der Waals surface area (Å²) < 4.78 is 26.0. The van der Waals surface area contributed by atoms with Crippen LogP contribution >= 0.6 is 0 Å². The molecule has 3 aromatic carbocycles. The van der Waals surface area contributed by atoms with Crippen molar-refractivity contribution in [3.63, 3.8) is 0 Å². The average molecular weight is 513 g/mol. The van der Waals surface area contributed by atoms with Gasteiger partial charge in [0.2, 0.25) is 29.0 Å². The highest BCUT2D eigenvalue weighted by atomic mass is 19.1. The van der Waals surface area contributed by atoms with Crippen LogP contribution in [-0.4, -0.2) is 41.6 Å². The number of benzene rings is 3. The Morgan fingerprint density at radius 2 is 1.50 bits per heavy atom. The van der Waals surface area contributed by atoms with E-state index < -0.39 is 58.7 Å². The topological polar surface area (TPSA) is 107 Å². The van der Waals surface area contributed by atoms with Gasteiger partial charge in [-0.2, -0.15) is 0 Å². The Labute approximate surface area is 216 Å². The molecule has 1 aliphatic carbocycles. The molecule has 2 saturated heterocycles. The van der Waals surface area contributed by atoms with Crippen LogP contribution in [0.3, 0.4) is 0 Å². The Morgan fingerprint density at radius 1 is 0.895 bits per heavy atom. The van der Waals surface area contributed by atoms with E-state index in [9.17, 15) is 28.4 Å². The number of carbonyl (C=O) groups excluding carboxylic acids is 5. The molecule has 2 heterocycles. The average Bonchev–Trinajstić information content (AvgIpc) is 3.49. The van der Waals surface area contributed by atoms with Gasteiger partial charge in [0.15, 0.2) is 0 Å². The molecule has 3 aromatic rings. The third-order valence-corrected chi connectivity index (χ3v) is 7.37. The molecule has 38 heavy (non-hydrogen) atoms. The molecule has 0 bridgehead atoms. The van der Waals surface area contributed by atoms with Crippen LogP contribution in [-0.2, 0) is 19.1 Å². The number of carbonyl (C=O) groups is 5. The molecule has 2 aliphatic heterocycles. The van der Waals surface area contributed by atoms with E-state index in [1.165, 1.54) is 54.6 Å². The van der Waals surface area contributed by atoms with E-state index in [1.54, 1.807) is 25.1 Å². The smallest absolute Gasteiger partial charge is 0.338 e. The Hall–Kier alpha value is -4.50. The van der Waals surface area contributed by atoms with Crippen LogP contribution in [0.15, 0.2) is 72.8 Å². The van der Waals surface area contributed by atoms with Gasteiger partial charge in [-0.3, -0.25) is 19.2 Å². The van der Waals surface area contributed by atoms with E-state index in [0.29, 0.717) is 0 Å². The summed E-state index contributed by atoms with van der Waals surface area (Å²) in [4.78, 5) is 68.2. The van der Waals surface area contributed by atoms with E-state index in [1.807, 2.05) is 0 Å². The van der Waals surface area contributed by atoms with Crippen LogP contribution in [0.2, 0.25) is 0 Å². The third kappa shape index (κ3) is 3.08. The fraction of sp³-hybridized carbons (Fsp3) is 0.207. The number of hydrogen-bond acceptors (Lipinski definition) is 7. The zero-order valence-electron chi connectivity index (χ0n) is 20.1. The quantitative estimate of drug-likeness (QED) is 0.298. The van der Waals surface area contributed by atoms with Gasteiger partial charge in [0.25, 0.3) is 0 Å². The van der Waals surface area contributed by atoms with Crippen LogP contribution in [0.5, 0.6) is 0 Å². The molecule has 6 rings (SSSR count). The summed E-state index contributed by atoms with van der Waals surface area (Å²) in [5.74, 6) is -7.09. The van der Waals surface area contributed by atoms with E-state index >= 15 is 0 Å². The number of ketones is 2. The standard InChI is InChI=1S/C29H20FNO7/c1-2-37-28(36)15-11-13-16(14-12-15)31-26(34)21-22(27(31)35)29(38-23(21)19-9-5-6-10-20(19)30)24(32)17-7-3-4-8-18(17)25(29)33/h3-14,21-23H,2H2,1H3/t21-,22+,23+/m0/s1. The van der Waals surface area contributed by atoms with Crippen molar-refractivity contribution >= 4 is 35.0 Å². The maximum Gasteiger partial charge on any atom is 0.338 e. The highest BCUT2D eigenvalue weighted by Crippen LogP contribution is 2.57. The molecule has 190 valence electrons. The Morgan fingerprint density at radius 3 is 2.11 bits per heavy atom. The number of halogens is 1. The Bertz CT molecular complexity index is 1510. The fourth-order valence-corrected chi connectivity index (χ4v) is 5.72. The first-order valence-electron chi connectivity index (χ1n) is 12.1. The van der Waals surface area contributed by atoms with Crippen LogP contribution in [0.1, 0.15) is 49.7 Å². The molecule has 2 amide bonds. The number of rotatable bonds is 4. The monoisotopic (exact) mass is 513 g/mol. The number of ether oxygens (including phenoxy) is 2. The number of anilines is 1. The van der Waals surface area contributed by atoms with E-state index in [2.05, 4.69) is 0 Å². The minimum absolute atomic E-state index is 0.0309. The first-order chi connectivity index (χ1) is 18.3.